The molecule has 1 unspecified atom stereocenters. The average Bonchev–Trinajstić information content (AvgIpc) is 2.60. The van der Waals surface area contributed by atoms with Gasteiger partial charge in [0, 0.05) is 31.3 Å². The molecule has 0 spiro atoms. The molecule has 3 heteroatoms. The summed E-state index contributed by atoms with van der Waals surface area (Å²) in [5, 5.41) is 7.23. The minimum atomic E-state index is 0.330. The molecular weight excluding hydrogens is 200 g/mol. The minimum absolute atomic E-state index is 0.330. The maximum absolute atomic E-state index is 5.38. The van der Waals surface area contributed by atoms with E-state index in [1.807, 2.05) is 0 Å². The van der Waals surface area contributed by atoms with Gasteiger partial charge in [0.05, 0.1) is 0 Å². The SMILES string of the molecule is CC1(C)CC(NCCC2CCOCC2)CN1. The highest BCUT2D eigenvalue weighted by molar-refractivity contribution is 4.93. The Hall–Kier alpha value is -0.120. The van der Waals surface area contributed by atoms with E-state index in [1.165, 1.54) is 32.2 Å². The number of hydrogen-bond donors (Lipinski definition) is 2. The summed E-state index contributed by atoms with van der Waals surface area (Å²) >= 11 is 0. The molecule has 0 aromatic rings. The zero-order chi connectivity index (χ0) is 11.4. The second-order valence-corrected chi connectivity index (χ2v) is 5.96. The molecule has 2 heterocycles. The van der Waals surface area contributed by atoms with Crippen molar-refractivity contribution in [3.8, 4) is 0 Å². The fraction of sp³-hybridized carbons (Fsp3) is 1.00. The van der Waals surface area contributed by atoms with Gasteiger partial charge in [-0.3, -0.25) is 0 Å². The average molecular weight is 226 g/mol. The van der Waals surface area contributed by atoms with Crippen LogP contribution in [0.15, 0.2) is 0 Å². The van der Waals surface area contributed by atoms with Gasteiger partial charge in [-0.1, -0.05) is 0 Å². The molecule has 0 bridgehead atoms. The van der Waals surface area contributed by atoms with Crippen molar-refractivity contribution >= 4 is 0 Å². The summed E-state index contributed by atoms with van der Waals surface area (Å²) < 4.78 is 5.38. The van der Waals surface area contributed by atoms with Crippen LogP contribution in [-0.2, 0) is 4.74 Å². The monoisotopic (exact) mass is 226 g/mol. The molecule has 2 rings (SSSR count). The Morgan fingerprint density at radius 3 is 2.69 bits per heavy atom. The lowest BCUT2D eigenvalue weighted by molar-refractivity contribution is 0.0638. The highest BCUT2D eigenvalue weighted by atomic mass is 16.5. The van der Waals surface area contributed by atoms with Gasteiger partial charge in [-0.25, -0.2) is 0 Å². The first-order valence-electron chi connectivity index (χ1n) is 6.72. The van der Waals surface area contributed by atoms with Crippen LogP contribution in [-0.4, -0.2) is 37.9 Å². The molecule has 0 aromatic heterocycles. The summed E-state index contributed by atoms with van der Waals surface area (Å²) in [5.74, 6) is 0.892. The van der Waals surface area contributed by atoms with Crippen LogP contribution in [0.3, 0.4) is 0 Å². The zero-order valence-electron chi connectivity index (χ0n) is 10.7. The van der Waals surface area contributed by atoms with E-state index in [2.05, 4.69) is 24.5 Å². The standard InChI is InChI=1S/C13H26N2O/c1-13(2)9-12(10-15-13)14-6-3-11-4-7-16-8-5-11/h11-12,14-15H,3-10H2,1-2H3. The van der Waals surface area contributed by atoms with Crippen molar-refractivity contribution in [1.29, 1.82) is 0 Å². The predicted octanol–water partition coefficient (Wildman–Crippen LogP) is 1.53. The smallest absolute Gasteiger partial charge is 0.0468 e. The largest absolute Gasteiger partial charge is 0.381 e. The molecule has 2 saturated heterocycles. The first-order chi connectivity index (χ1) is 7.66. The summed E-state index contributed by atoms with van der Waals surface area (Å²) in [5.41, 5.74) is 0.330. The number of ether oxygens (including phenoxy) is 1. The Balaban J connectivity index is 1.58. The van der Waals surface area contributed by atoms with E-state index in [0.717, 1.165) is 25.7 Å². The van der Waals surface area contributed by atoms with E-state index in [9.17, 15) is 0 Å². The molecule has 2 aliphatic rings. The third-order valence-corrected chi connectivity index (χ3v) is 3.91. The summed E-state index contributed by atoms with van der Waals surface area (Å²) in [6.45, 7) is 8.82. The molecule has 0 amide bonds. The molecule has 94 valence electrons. The van der Waals surface area contributed by atoms with Crippen molar-refractivity contribution in [1.82, 2.24) is 10.6 Å². The van der Waals surface area contributed by atoms with Crippen LogP contribution in [0.4, 0.5) is 0 Å². The Kier molecular flexibility index (Phi) is 4.22. The summed E-state index contributed by atoms with van der Waals surface area (Å²) in [6.07, 6.45) is 5.09. The van der Waals surface area contributed by atoms with Gasteiger partial charge in [0.2, 0.25) is 0 Å². The highest BCUT2D eigenvalue weighted by Crippen LogP contribution is 2.20. The second kappa shape index (κ2) is 5.48. The van der Waals surface area contributed by atoms with Crippen molar-refractivity contribution in [2.45, 2.75) is 51.1 Å². The summed E-state index contributed by atoms with van der Waals surface area (Å²) in [7, 11) is 0. The van der Waals surface area contributed by atoms with Gasteiger partial charge in [-0.2, -0.15) is 0 Å². The molecule has 2 N–H and O–H groups in total. The molecule has 0 radical (unpaired) electrons. The van der Waals surface area contributed by atoms with Crippen LogP contribution in [0.1, 0.15) is 39.5 Å². The quantitative estimate of drug-likeness (QED) is 0.763. The molecule has 0 aromatic carbocycles. The van der Waals surface area contributed by atoms with E-state index in [1.54, 1.807) is 0 Å². The van der Waals surface area contributed by atoms with Gasteiger partial charge in [0.15, 0.2) is 0 Å². The fourth-order valence-corrected chi connectivity index (χ4v) is 2.83. The van der Waals surface area contributed by atoms with E-state index < -0.39 is 0 Å². The number of hydrogen-bond acceptors (Lipinski definition) is 3. The predicted molar refractivity (Wildman–Crippen MR) is 66.6 cm³/mol. The molecule has 2 aliphatic heterocycles. The summed E-state index contributed by atoms with van der Waals surface area (Å²) in [4.78, 5) is 0. The Labute approximate surface area is 99.3 Å². The lowest BCUT2D eigenvalue weighted by atomic mass is 9.96. The first kappa shape index (κ1) is 12.3. The highest BCUT2D eigenvalue weighted by Gasteiger charge is 2.29. The van der Waals surface area contributed by atoms with Crippen LogP contribution >= 0.6 is 0 Å². The molecule has 0 aliphatic carbocycles. The topological polar surface area (TPSA) is 33.3 Å². The lowest BCUT2D eigenvalue weighted by Crippen LogP contribution is -2.33. The Bertz CT molecular complexity index is 212. The maximum atomic E-state index is 5.38. The van der Waals surface area contributed by atoms with Gasteiger partial charge in [-0.15, -0.1) is 0 Å². The molecule has 16 heavy (non-hydrogen) atoms. The molecular formula is C13H26N2O. The maximum Gasteiger partial charge on any atom is 0.0468 e. The van der Waals surface area contributed by atoms with Crippen LogP contribution in [0.5, 0.6) is 0 Å². The van der Waals surface area contributed by atoms with Crippen LogP contribution in [0.25, 0.3) is 0 Å². The van der Waals surface area contributed by atoms with Crippen molar-refractivity contribution in [3.05, 3.63) is 0 Å². The van der Waals surface area contributed by atoms with E-state index in [0.29, 0.717) is 11.6 Å². The summed E-state index contributed by atoms with van der Waals surface area (Å²) in [6, 6.07) is 0.676. The second-order valence-electron chi connectivity index (χ2n) is 5.96. The molecule has 1 atom stereocenters. The van der Waals surface area contributed by atoms with Gasteiger partial charge in [0.25, 0.3) is 0 Å². The van der Waals surface area contributed by atoms with Crippen LogP contribution in [0.2, 0.25) is 0 Å². The van der Waals surface area contributed by atoms with Crippen molar-refractivity contribution in [2.75, 3.05) is 26.3 Å². The Morgan fingerprint density at radius 2 is 2.06 bits per heavy atom. The number of nitrogens with one attached hydrogen (secondary N) is 2. The fourth-order valence-electron chi connectivity index (χ4n) is 2.83. The van der Waals surface area contributed by atoms with Gasteiger partial charge < -0.3 is 15.4 Å². The van der Waals surface area contributed by atoms with E-state index in [4.69, 9.17) is 4.74 Å². The van der Waals surface area contributed by atoms with Crippen molar-refractivity contribution in [3.63, 3.8) is 0 Å². The normalized spacial score (nSPS) is 30.8. The molecule has 3 nitrogen and oxygen atoms in total. The zero-order valence-corrected chi connectivity index (χ0v) is 10.7. The third kappa shape index (κ3) is 3.72. The van der Waals surface area contributed by atoms with Gasteiger partial charge in [-0.05, 0) is 52.0 Å². The van der Waals surface area contributed by atoms with Gasteiger partial charge in [0.1, 0.15) is 0 Å². The van der Waals surface area contributed by atoms with E-state index in [-0.39, 0.29) is 0 Å². The third-order valence-electron chi connectivity index (χ3n) is 3.91. The van der Waals surface area contributed by atoms with Crippen molar-refractivity contribution < 1.29 is 4.74 Å². The number of rotatable bonds is 4. The van der Waals surface area contributed by atoms with Crippen LogP contribution < -0.4 is 10.6 Å². The lowest BCUT2D eigenvalue weighted by Gasteiger charge is -2.23. The molecule has 2 fully saturated rings. The van der Waals surface area contributed by atoms with Crippen molar-refractivity contribution in [2.24, 2.45) is 5.92 Å². The van der Waals surface area contributed by atoms with Crippen LogP contribution in [0, 0.1) is 5.92 Å². The molecule has 0 saturated carbocycles. The Morgan fingerprint density at radius 1 is 1.31 bits per heavy atom. The first-order valence-corrected chi connectivity index (χ1v) is 6.72. The van der Waals surface area contributed by atoms with E-state index >= 15 is 0 Å². The van der Waals surface area contributed by atoms with Gasteiger partial charge >= 0.3 is 0 Å². The minimum Gasteiger partial charge on any atom is -0.381 e.